The summed E-state index contributed by atoms with van der Waals surface area (Å²) >= 11 is 6.51. The molecular formula is C26H33ClN4O6S. The quantitative estimate of drug-likeness (QED) is 0.139. The van der Waals surface area contributed by atoms with Crippen molar-refractivity contribution in [3.05, 3.63) is 64.7 Å². The number of oxime groups is 1. The first-order valence-corrected chi connectivity index (χ1v) is 14.2. The van der Waals surface area contributed by atoms with Crippen molar-refractivity contribution in [3.8, 4) is 5.75 Å². The van der Waals surface area contributed by atoms with Crippen molar-refractivity contribution in [2.24, 2.45) is 10.9 Å². The molecule has 1 heterocycles. The van der Waals surface area contributed by atoms with Gasteiger partial charge in [-0.2, -0.15) is 0 Å². The topological polar surface area (TPSA) is 135 Å². The Hall–Kier alpha value is -3.28. The van der Waals surface area contributed by atoms with Gasteiger partial charge in [0.1, 0.15) is 11.9 Å². The van der Waals surface area contributed by atoms with Crippen LogP contribution in [0.15, 0.2) is 53.7 Å². The van der Waals surface area contributed by atoms with Crippen LogP contribution >= 0.6 is 11.6 Å². The van der Waals surface area contributed by atoms with E-state index in [0.717, 1.165) is 30.2 Å². The number of halogens is 1. The SMILES string of the molecule is CCOC(=O)CS(=O)(=O)N(C/C=C/c1cccc(/C(N)=N/O)c1)c1ccc(OC2CCN(C)CC2)c(Cl)c1. The van der Waals surface area contributed by atoms with Crippen LogP contribution in [0.1, 0.15) is 30.9 Å². The zero-order chi connectivity index (χ0) is 27.7. The smallest absolute Gasteiger partial charge is 0.323 e. The number of benzene rings is 2. The number of nitrogens with zero attached hydrogens (tertiary/aromatic N) is 3. The van der Waals surface area contributed by atoms with Gasteiger partial charge in [-0.1, -0.05) is 47.1 Å². The fraction of sp³-hybridized carbons (Fsp3) is 0.385. The summed E-state index contributed by atoms with van der Waals surface area (Å²) in [6, 6.07) is 11.6. The van der Waals surface area contributed by atoms with Crippen molar-refractivity contribution in [3.63, 3.8) is 0 Å². The lowest BCUT2D eigenvalue weighted by Crippen LogP contribution is -2.36. The van der Waals surface area contributed by atoms with Gasteiger partial charge in [-0.3, -0.25) is 9.10 Å². The summed E-state index contributed by atoms with van der Waals surface area (Å²) < 4.78 is 38.5. The van der Waals surface area contributed by atoms with Crippen LogP contribution in [0.5, 0.6) is 5.75 Å². The Kier molecular flexibility index (Phi) is 10.4. The van der Waals surface area contributed by atoms with E-state index < -0.39 is 21.7 Å². The predicted octanol–water partition coefficient (Wildman–Crippen LogP) is 3.32. The third-order valence-electron chi connectivity index (χ3n) is 5.98. The number of carbonyl (C=O) groups excluding carboxylic acids is 1. The van der Waals surface area contributed by atoms with Crippen molar-refractivity contribution >= 4 is 45.2 Å². The van der Waals surface area contributed by atoms with Crippen LogP contribution < -0.4 is 14.8 Å². The lowest BCUT2D eigenvalue weighted by Gasteiger charge is -2.30. The summed E-state index contributed by atoms with van der Waals surface area (Å²) in [5, 5.41) is 12.2. The van der Waals surface area contributed by atoms with E-state index in [0.29, 0.717) is 16.9 Å². The van der Waals surface area contributed by atoms with Gasteiger partial charge in [0.2, 0.25) is 10.0 Å². The van der Waals surface area contributed by atoms with Gasteiger partial charge in [0.15, 0.2) is 11.6 Å². The first kappa shape index (κ1) is 29.3. The Morgan fingerprint density at radius 2 is 2.00 bits per heavy atom. The number of nitrogens with two attached hydrogens (primary N) is 1. The molecule has 0 saturated carbocycles. The molecule has 0 atom stereocenters. The number of piperidine rings is 1. The number of amidine groups is 1. The first-order chi connectivity index (χ1) is 18.1. The van der Waals surface area contributed by atoms with E-state index in [1.807, 2.05) is 0 Å². The number of rotatable bonds is 11. The van der Waals surface area contributed by atoms with Crippen LogP contribution in [0.3, 0.4) is 0 Å². The molecule has 3 N–H and O–H groups in total. The number of likely N-dealkylation sites (tertiary alicyclic amines) is 1. The van der Waals surface area contributed by atoms with Crippen LogP contribution in [-0.4, -0.2) is 75.5 Å². The lowest BCUT2D eigenvalue weighted by molar-refractivity contribution is -0.139. The molecule has 1 aliphatic heterocycles. The summed E-state index contributed by atoms with van der Waals surface area (Å²) in [6.07, 6.45) is 5.10. The highest BCUT2D eigenvalue weighted by atomic mass is 35.5. The average Bonchev–Trinajstić information content (AvgIpc) is 2.88. The summed E-state index contributed by atoms with van der Waals surface area (Å²) in [5.41, 5.74) is 7.15. The van der Waals surface area contributed by atoms with Crippen LogP contribution in [0.25, 0.3) is 6.08 Å². The largest absolute Gasteiger partial charge is 0.489 e. The fourth-order valence-corrected chi connectivity index (χ4v) is 5.48. The zero-order valence-electron chi connectivity index (χ0n) is 21.4. The van der Waals surface area contributed by atoms with Crippen molar-refractivity contribution in [2.45, 2.75) is 25.9 Å². The maximum atomic E-state index is 13.2. The average molecular weight is 565 g/mol. The maximum absolute atomic E-state index is 13.2. The van der Waals surface area contributed by atoms with Gasteiger partial charge in [0.25, 0.3) is 0 Å². The van der Waals surface area contributed by atoms with Crippen molar-refractivity contribution in [1.29, 1.82) is 0 Å². The maximum Gasteiger partial charge on any atom is 0.323 e. The number of anilines is 1. The summed E-state index contributed by atoms with van der Waals surface area (Å²) in [7, 11) is -2.05. The normalized spacial score (nSPS) is 15.5. The molecule has 0 aromatic heterocycles. The number of sulfonamides is 1. The third-order valence-corrected chi connectivity index (χ3v) is 7.90. The number of hydrogen-bond acceptors (Lipinski definition) is 8. The zero-order valence-corrected chi connectivity index (χ0v) is 23.0. The molecule has 0 radical (unpaired) electrons. The summed E-state index contributed by atoms with van der Waals surface area (Å²) in [5.74, 6) is -1.24. The molecule has 38 heavy (non-hydrogen) atoms. The Morgan fingerprint density at radius 1 is 1.26 bits per heavy atom. The molecule has 0 aliphatic carbocycles. The van der Waals surface area contributed by atoms with Crippen LogP contribution in [0.4, 0.5) is 5.69 Å². The molecule has 10 nitrogen and oxygen atoms in total. The molecule has 3 rings (SSSR count). The Morgan fingerprint density at radius 3 is 2.66 bits per heavy atom. The molecule has 1 aliphatic rings. The van der Waals surface area contributed by atoms with E-state index in [2.05, 4.69) is 17.1 Å². The van der Waals surface area contributed by atoms with E-state index in [4.69, 9.17) is 32.0 Å². The van der Waals surface area contributed by atoms with E-state index >= 15 is 0 Å². The van der Waals surface area contributed by atoms with Gasteiger partial charge < -0.3 is 25.3 Å². The van der Waals surface area contributed by atoms with E-state index in [-0.39, 0.29) is 35.8 Å². The lowest BCUT2D eigenvalue weighted by atomic mass is 10.1. The molecule has 0 spiro atoms. The first-order valence-electron chi connectivity index (χ1n) is 12.2. The standard InChI is InChI=1S/C26H33ClN4O6S/c1-3-36-25(32)18-38(34,35)31(13-5-7-19-6-4-8-20(16-19)26(28)29-33)21-9-10-24(23(27)17-21)37-22-11-14-30(2)15-12-22/h4-10,16-17,22,33H,3,11-15,18H2,1-2H3,(H2,28,29)/b7-5+. The van der Waals surface area contributed by atoms with Gasteiger partial charge in [-0.15, -0.1) is 0 Å². The highest BCUT2D eigenvalue weighted by molar-refractivity contribution is 7.93. The molecule has 206 valence electrons. The second-order valence-corrected chi connectivity index (χ2v) is 11.1. The summed E-state index contributed by atoms with van der Waals surface area (Å²) in [6.45, 7) is 3.45. The van der Waals surface area contributed by atoms with Crippen molar-refractivity contribution in [2.75, 3.05) is 43.3 Å². The minimum absolute atomic E-state index is 0.0295. The van der Waals surface area contributed by atoms with Crippen LogP contribution in [-0.2, 0) is 19.6 Å². The Balaban J connectivity index is 1.85. The number of carbonyl (C=O) groups is 1. The van der Waals surface area contributed by atoms with Gasteiger partial charge in [0.05, 0.1) is 23.9 Å². The van der Waals surface area contributed by atoms with Crippen molar-refractivity contribution in [1.82, 2.24) is 4.90 Å². The van der Waals surface area contributed by atoms with Crippen molar-refractivity contribution < 1.29 is 27.9 Å². The fourth-order valence-electron chi connectivity index (χ4n) is 3.98. The van der Waals surface area contributed by atoms with E-state index in [9.17, 15) is 13.2 Å². The van der Waals surface area contributed by atoms with Gasteiger partial charge in [-0.25, -0.2) is 8.42 Å². The van der Waals surface area contributed by atoms with E-state index in [1.165, 1.54) is 6.07 Å². The second-order valence-electron chi connectivity index (χ2n) is 8.84. The number of hydrogen-bond donors (Lipinski definition) is 2. The molecule has 0 unspecified atom stereocenters. The van der Waals surface area contributed by atoms with Gasteiger partial charge in [0, 0.05) is 18.7 Å². The monoisotopic (exact) mass is 564 g/mol. The molecular weight excluding hydrogens is 532 g/mol. The highest BCUT2D eigenvalue weighted by Crippen LogP contribution is 2.32. The Labute approximate surface area is 228 Å². The van der Waals surface area contributed by atoms with Gasteiger partial charge >= 0.3 is 5.97 Å². The minimum atomic E-state index is -4.11. The molecule has 0 amide bonds. The molecule has 2 aromatic rings. The second kappa shape index (κ2) is 13.5. The molecule has 1 fully saturated rings. The van der Waals surface area contributed by atoms with Gasteiger partial charge in [-0.05, 0) is 56.6 Å². The van der Waals surface area contributed by atoms with Crippen LogP contribution in [0.2, 0.25) is 5.02 Å². The third kappa shape index (κ3) is 8.11. The van der Waals surface area contributed by atoms with E-state index in [1.54, 1.807) is 55.5 Å². The molecule has 0 bridgehead atoms. The molecule has 1 saturated heterocycles. The molecule has 12 heteroatoms. The Bertz CT molecular complexity index is 1280. The predicted molar refractivity (Wildman–Crippen MR) is 148 cm³/mol. The summed E-state index contributed by atoms with van der Waals surface area (Å²) in [4.78, 5) is 14.3. The van der Waals surface area contributed by atoms with Crippen LogP contribution in [0, 0.1) is 0 Å². The minimum Gasteiger partial charge on any atom is -0.489 e. The molecule has 2 aromatic carbocycles. The number of ether oxygens (including phenoxy) is 2. The number of esters is 1. The highest BCUT2D eigenvalue weighted by Gasteiger charge is 2.27.